The summed E-state index contributed by atoms with van der Waals surface area (Å²) in [5, 5.41) is 2.95. The quantitative estimate of drug-likeness (QED) is 0.798. The van der Waals surface area contributed by atoms with E-state index in [9.17, 15) is 4.79 Å². The van der Waals surface area contributed by atoms with Crippen LogP contribution in [-0.2, 0) is 11.3 Å². The van der Waals surface area contributed by atoms with Crippen molar-refractivity contribution in [3.8, 4) is 5.75 Å². The third-order valence-corrected chi connectivity index (χ3v) is 5.27. The summed E-state index contributed by atoms with van der Waals surface area (Å²) < 4.78 is 11.3. The van der Waals surface area contributed by atoms with Crippen LogP contribution < -0.4 is 15.0 Å². The largest absolute Gasteiger partial charge is 0.491 e. The van der Waals surface area contributed by atoms with Crippen LogP contribution in [0.25, 0.3) is 0 Å². The van der Waals surface area contributed by atoms with E-state index in [2.05, 4.69) is 15.2 Å². The van der Waals surface area contributed by atoms with Crippen molar-refractivity contribution in [3.05, 3.63) is 53.7 Å². The first kappa shape index (κ1) is 18.7. The molecule has 1 unspecified atom stereocenters. The van der Waals surface area contributed by atoms with Gasteiger partial charge in [0.15, 0.2) is 0 Å². The van der Waals surface area contributed by atoms with Crippen LogP contribution in [0.1, 0.15) is 41.6 Å². The van der Waals surface area contributed by atoms with E-state index in [1.54, 1.807) is 12.1 Å². The lowest BCUT2D eigenvalue weighted by Gasteiger charge is -2.16. The molecule has 2 aliphatic heterocycles. The molecule has 4 rings (SSSR count). The number of amides is 1. The molecule has 6 nitrogen and oxygen atoms in total. The van der Waals surface area contributed by atoms with Gasteiger partial charge in [0.05, 0.1) is 6.10 Å². The van der Waals surface area contributed by atoms with Gasteiger partial charge in [0.2, 0.25) is 0 Å². The van der Waals surface area contributed by atoms with Crippen LogP contribution in [0.15, 0.2) is 42.6 Å². The van der Waals surface area contributed by atoms with Gasteiger partial charge >= 0.3 is 0 Å². The molecule has 0 aliphatic carbocycles. The van der Waals surface area contributed by atoms with E-state index in [4.69, 9.17) is 9.47 Å². The Labute approximate surface area is 165 Å². The van der Waals surface area contributed by atoms with Crippen molar-refractivity contribution in [3.63, 3.8) is 0 Å². The second kappa shape index (κ2) is 9.06. The SMILES string of the molecule is O=C(NCc1ccc(N2CCCC2)nc1)c1ccc(OCC2CCCO2)cc1. The van der Waals surface area contributed by atoms with E-state index in [1.807, 2.05) is 30.5 Å². The summed E-state index contributed by atoms with van der Waals surface area (Å²) in [5.74, 6) is 1.68. The Bertz CT molecular complexity index is 765. The number of hydrogen-bond donors (Lipinski definition) is 1. The van der Waals surface area contributed by atoms with Crippen LogP contribution in [0.3, 0.4) is 0 Å². The Morgan fingerprint density at radius 1 is 1.14 bits per heavy atom. The molecule has 6 heteroatoms. The molecule has 0 radical (unpaired) electrons. The first-order chi connectivity index (χ1) is 13.8. The lowest BCUT2D eigenvalue weighted by molar-refractivity contribution is 0.0679. The van der Waals surface area contributed by atoms with Gasteiger partial charge in [-0.15, -0.1) is 0 Å². The Kier molecular flexibility index (Phi) is 6.07. The Morgan fingerprint density at radius 3 is 2.64 bits per heavy atom. The minimum Gasteiger partial charge on any atom is -0.491 e. The van der Waals surface area contributed by atoms with E-state index in [0.717, 1.165) is 49.7 Å². The number of benzene rings is 1. The van der Waals surface area contributed by atoms with Crippen LogP contribution in [0.2, 0.25) is 0 Å². The van der Waals surface area contributed by atoms with Crippen molar-refractivity contribution in [2.45, 2.75) is 38.3 Å². The molecule has 28 heavy (non-hydrogen) atoms. The molecule has 2 fully saturated rings. The second-order valence-corrected chi connectivity index (χ2v) is 7.37. The zero-order valence-electron chi connectivity index (χ0n) is 16.1. The first-order valence-electron chi connectivity index (χ1n) is 10.1. The van der Waals surface area contributed by atoms with Gasteiger partial charge in [-0.25, -0.2) is 4.98 Å². The van der Waals surface area contributed by atoms with E-state index >= 15 is 0 Å². The standard InChI is InChI=1S/C22H27N3O3/c26-22(18-6-8-19(9-7-18)28-16-20-4-3-13-27-20)24-15-17-5-10-21(23-14-17)25-11-1-2-12-25/h5-10,14,20H,1-4,11-13,15-16H2,(H,24,26). The summed E-state index contributed by atoms with van der Waals surface area (Å²) in [7, 11) is 0. The summed E-state index contributed by atoms with van der Waals surface area (Å²) in [4.78, 5) is 19.2. The van der Waals surface area contributed by atoms with Crippen molar-refractivity contribution in [2.75, 3.05) is 31.2 Å². The molecule has 1 amide bonds. The minimum absolute atomic E-state index is 0.103. The highest BCUT2D eigenvalue weighted by molar-refractivity contribution is 5.94. The smallest absolute Gasteiger partial charge is 0.251 e. The highest BCUT2D eigenvalue weighted by Gasteiger charge is 2.16. The van der Waals surface area contributed by atoms with Gasteiger partial charge < -0.3 is 19.7 Å². The number of nitrogens with zero attached hydrogens (tertiary/aromatic N) is 2. The van der Waals surface area contributed by atoms with Crippen LogP contribution >= 0.6 is 0 Å². The maximum atomic E-state index is 12.4. The van der Waals surface area contributed by atoms with E-state index in [0.29, 0.717) is 18.7 Å². The topological polar surface area (TPSA) is 63.7 Å². The summed E-state index contributed by atoms with van der Waals surface area (Å²) in [6.45, 7) is 4.01. The predicted molar refractivity (Wildman–Crippen MR) is 108 cm³/mol. The van der Waals surface area contributed by atoms with Crippen molar-refractivity contribution in [2.24, 2.45) is 0 Å². The van der Waals surface area contributed by atoms with Gasteiger partial charge in [-0.3, -0.25) is 4.79 Å². The average Bonchev–Trinajstić information content (AvgIpc) is 3.45. The van der Waals surface area contributed by atoms with Gasteiger partial charge in [0.25, 0.3) is 5.91 Å². The van der Waals surface area contributed by atoms with Crippen molar-refractivity contribution < 1.29 is 14.3 Å². The highest BCUT2D eigenvalue weighted by atomic mass is 16.5. The third kappa shape index (κ3) is 4.81. The number of nitrogens with one attached hydrogen (secondary N) is 1. The van der Waals surface area contributed by atoms with Gasteiger partial charge in [-0.05, 0) is 61.6 Å². The molecule has 1 N–H and O–H groups in total. The lowest BCUT2D eigenvalue weighted by Crippen LogP contribution is -2.23. The molecule has 0 spiro atoms. The lowest BCUT2D eigenvalue weighted by atomic mass is 10.2. The number of aromatic nitrogens is 1. The maximum absolute atomic E-state index is 12.4. The summed E-state index contributed by atoms with van der Waals surface area (Å²) in [6.07, 6.45) is 6.65. The Balaban J connectivity index is 1.25. The minimum atomic E-state index is -0.103. The molecule has 0 bridgehead atoms. The number of ether oxygens (including phenoxy) is 2. The van der Waals surface area contributed by atoms with Crippen molar-refractivity contribution >= 4 is 11.7 Å². The highest BCUT2D eigenvalue weighted by Crippen LogP contribution is 2.18. The van der Waals surface area contributed by atoms with E-state index in [-0.39, 0.29) is 12.0 Å². The zero-order valence-corrected chi connectivity index (χ0v) is 16.1. The van der Waals surface area contributed by atoms with Crippen LogP contribution in [-0.4, -0.2) is 43.3 Å². The van der Waals surface area contributed by atoms with Crippen molar-refractivity contribution in [1.82, 2.24) is 10.3 Å². The fourth-order valence-electron chi connectivity index (χ4n) is 3.61. The molecule has 3 heterocycles. The fourth-order valence-corrected chi connectivity index (χ4v) is 3.61. The van der Waals surface area contributed by atoms with Gasteiger partial charge in [0, 0.05) is 38.0 Å². The number of hydrogen-bond acceptors (Lipinski definition) is 5. The normalized spacial score (nSPS) is 19.0. The molecule has 0 saturated carbocycles. The monoisotopic (exact) mass is 381 g/mol. The van der Waals surface area contributed by atoms with E-state index < -0.39 is 0 Å². The number of rotatable bonds is 7. The Morgan fingerprint density at radius 2 is 1.96 bits per heavy atom. The second-order valence-electron chi connectivity index (χ2n) is 7.37. The van der Waals surface area contributed by atoms with Gasteiger partial charge in [0.1, 0.15) is 18.2 Å². The molecule has 1 aromatic heterocycles. The Hall–Kier alpha value is -2.60. The molecule has 1 aromatic carbocycles. The predicted octanol–water partition coefficient (Wildman–Crippen LogP) is 3.17. The van der Waals surface area contributed by atoms with Gasteiger partial charge in [-0.2, -0.15) is 0 Å². The molecule has 1 atom stereocenters. The van der Waals surface area contributed by atoms with E-state index in [1.165, 1.54) is 12.8 Å². The van der Waals surface area contributed by atoms with Gasteiger partial charge in [-0.1, -0.05) is 6.07 Å². The molecule has 2 saturated heterocycles. The summed E-state index contributed by atoms with van der Waals surface area (Å²) in [5.41, 5.74) is 1.61. The molecule has 148 valence electrons. The van der Waals surface area contributed by atoms with Crippen LogP contribution in [0.4, 0.5) is 5.82 Å². The fraction of sp³-hybridized carbons (Fsp3) is 0.455. The molecular formula is C22H27N3O3. The van der Waals surface area contributed by atoms with Crippen LogP contribution in [0.5, 0.6) is 5.75 Å². The number of pyridine rings is 1. The zero-order chi connectivity index (χ0) is 19.2. The maximum Gasteiger partial charge on any atom is 0.251 e. The van der Waals surface area contributed by atoms with Crippen molar-refractivity contribution in [1.29, 1.82) is 0 Å². The van der Waals surface area contributed by atoms with Crippen LogP contribution in [0, 0.1) is 0 Å². The first-order valence-corrected chi connectivity index (χ1v) is 10.1. The molecule has 2 aromatic rings. The summed E-state index contributed by atoms with van der Waals surface area (Å²) in [6, 6.07) is 11.3. The molecule has 2 aliphatic rings. The third-order valence-electron chi connectivity index (χ3n) is 5.27. The number of carbonyl (C=O) groups excluding carboxylic acids is 1. The average molecular weight is 381 g/mol. The molecular weight excluding hydrogens is 354 g/mol. The summed E-state index contributed by atoms with van der Waals surface area (Å²) >= 11 is 0. The number of carbonyl (C=O) groups is 1. The number of anilines is 1.